The van der Waals surface area contributed by atoms with Gasteiger partial charge in [0.2, 0.25) is 0 Å². The largest absolute Gasteiger partial charge is 0.495 e. The number of urea groups is 1. The molecule has 0 fully saturated rings. The van der Waals surface area contributed by atoms with E-state index < -0.39 is 18.0 Å². The first kappa shape index (κ1) is 15.8. The van der Waals surface area contributed by atoms with Crippen LogP contribution in [0, 0.1) is 5.92 Å². The van der Waals surface area contributed by atoms with Gasteiger partial charge in [0.05, 0.1) is 12.8 Å². The Bertz CT molecular complexity index is 488. The quantitative estimate of drug-likeness (QED) is 0.864. The minimum Gasteiger partial charge on any atom is -0.495 e. The maximum absolute atomic E-state index is 12.1. The van der Waals surface area contributed by atoms with Gasteiger partial charge in [0.1, 0.15) is 11.8 Å². The molecule has 0 radical (unpaired) electrons. The summed E-state index contributed by atoms with van der Waals surface area (Å²) in [5.41, 5.74) is 0.570. The Labute approximate surface area is 118 Å². The molecule has 1 atom stereocenters. The third kappa shape index (κ3) is 3.63. The summed E-state index contributed by atoms with van der Waals surface area (Å²) < 4.78 is 5.18. The molecule has 2 N–H and O–H groups in total. The van der Waals surface area contributed by atoms with Gasteiger partial charge in [-0.1, -0.05) is 26.0 Å². The van der Waals surface area contributed by atoms with Crippen molar-refractivity contribution in [2.45, 2.75) is 19.9 Å². The summed E-state index contributed by atoms with van der Waals surface area (Å²) >= 11 is 0. The lowest BCUT2D eigenvalue weighted by Crippen LogP contribution is -2.49. The Hall–Kier alpha value is -2.24. The summed E-state index contributed by atoms with van der Waals surface area (Å²) in [5, 5.41) is 11.6. The van der Waals surface area contributed by atoms with E-state index in [-0.39, 0.29) is 5.92 Å². The first-order valence-electron chi connectivity index (χ1n) is 6.28. The summed E-state index contributed by atoms with van der Waals surface area (Å²) in [6.07, 6.45) is 0. The van der Waals surface area contributed by atoms with Crippen LogP contribution in [0.4, 0.5) is 10.5 Å². The molecule has 20 heavy (non-hydrogen) atoms. The Morgan fingerprint density at radius 1 is 1.30 bits per heavy atom. The molecule has 110 valence electrons. The highest BCUT2D eigenvalue weighted by Crippen LogP contribution is 2.26. The fourth-order valence-corrected chi connectivity index (χ4v) is 1.76. The highest BCUT2D eigenvalue weighted by atomic mass is 16.5. The maximum Gasteiger partial charge on any atom is 0.326 e. The summed E-state index contributed by atoms with van der Waals surface area (Å²) in [6.45, 7) is 3.48. The number of carboxylic acid groups (broad SMARTS) is 1. The topological polar surface area (TPSA) is 78.9 Å². The smallest absolute Gasteiger partial charge is 0.326 e. The number of carbonyl (C=O) groups excluding carboxylic acids is 1. The van der Waals surface area contributed by atoms with Gasteiger partial charge < -0.3 is 15.2 Å². The number of methoxy groups -OCH3 is 1. The van der Waals surface area contributed by atoms with E-state index in [9.17, 15) is 9.59 Å². The van der Waals surface area contributed by atoms with Crippen molar-refractivity contribution in [2.75, 3.05) is 19.1 Å². The van der Waals surface area contributed by atoms with E-state index in [1.54, 1.807) is 45.2 Å². The third-order valence-electron chi connectivity index (χ3n) is 2.96. The van der Waals surface area contributed by atoms with E-state index in [2.05, 4.69) is 5.32 Å². The van der Waals surface area contributed by atoms with E-state index >= 15 is 0 Å². The molecule has 2 amide bonds. The number of anilines is 1. The van der Waals surface area contributed by atoms with Gasteiger partial charge in [-0.05, 0) is 18.1 Å². The Morgan fingerprint density at radius 3 is 2.40 bits per heavy atom. The van der Waals surface area contributed by atoms with Crippen LogP contribution in [0.5, 0.6) is 5.75 Å². The number of carbonyl (C=O) groups is 2. The molecule has 0 aliphatic carbocycles. The van der Waals surface area contributed by atoms with E-state index in [4.69, 9.17) is 9.84 Å². The second-order valence-corrected chi connectivity index (χ2v) is 4.74. The van der Waals surface area contributed by atoms with Gasteiger partial charge in [0, 0.05) is 7.05 Å². The molecule has 1 rings (SSSR count). The molecule has 0 heterocycles. The van der Waals surface area contributed by atoms with Crippen LogP contribution in [0.25, 0.3) is 0 Å². The minimum atomic E-state index is -1.05. The van der Waals surface area contributed by atoms with Crippen LogP contribution in [-0.4, -0.2) is 37.3 Å². The lowest BCUT2D eigenvalue weighted by molar-refractivity contribution is -0.140. The number of hydrogen-bond acceptors (Lipinski definition) is 3. The van der Waals surface area contributed by atoms with Crippen LogP contribution >= 0.6 is 0 Å². The molecule has 0 unspecified atom stereocenters. The number of nitrogens with one attached hydrogen (secondary N) is 1. The van der Waals surface area contributed by atoms with Crippen LogP contribution in [0.3, 0.4) is 0 Å². The third-order valence-corrected chi connectivity index (χ3v) is 2.96. The molecular formula is C14H20N2O4. The zero-order valence-electron chi connectivity index (χ0n) is 12.1. The number of carboxylic acids is 1. The van der Waals surface area contributed by atoms with Crippen molar-refractivity contribution < 1.29 is 19.4 Å². The van der Waals surface area contributed by atoms with Crippen LogP contribution in [0.15, 0.2) is 24.3 Å². The molecule has 0 aliphatic rings. The zero-order valence-corrected chi connectivity index (χ0v) is 12.1. The summed E-state index contributed by atoms with van der Waals surface area (Å²) in [7, 11) is 3.07. The lowest BCUT2D eigenvalue weighted by Gasteiger charge is -2.24. The minimum absolute atomic E-state index is 0.206. The molecule has 0 bridgehead atoms. The van der Waals surface area contributed by atoms with Crippen LogP contribution in [-0.2, 0) is 4.79 Å². The normalized spacial score (nSPS) is 11.8. The Morgan fingerprint density at radius 2 is 1.90 bits per heavy atom. The van der Waals surface area contributed by atoms with Gasteiger partial charge in [-0.25, -0.2) is 9.59 Å². The number of para-hydroxylation sites is 2. The molecule has 0 saturated carbocycles. The van der Waals surface area contributed by atoms with Gasteiger partial charge in [-0.15, -0.1) is 0 Å². The van der Waals surface area contributed by atoms with Crippen LogP contribution < -0.4 is 15.0 Å². The second kappa shape index (κ2) is 6.79. The molecular weight excluding hydrogens is 260 g/mol. The SMILES string of the molecule is COc1ccccc1N(C)C(=O)N[C@@H](C(=O)O)C(C)C. The number of nitrogens with zero attached hydrogens (tertiary/aromatic N) is 1. The number of aliphatic carboxylic acids is 1. The van der Waals surface area contributed by atoms with Crippen molar-refractivity contribution in [2.24, 2.45) is 5.92 Å². The molecule has 0 spiro atoms. The van der Waals surface area contributed by atoms with Crippen molar-refractivity contribution >= 4 is 17.7 Å². The maximum atomic E-state index is 12.1. The standard InChI is InChI=1S/C14H20N2O4/c1-9(2)12(13(17)18)15-14(19)16(3)10-7-5-6-8-11(10)20-4/h5-9,12H,1-4H3,(H,15,19)(H,17,18)/t12-/m1/s1. The van der Waals surface area contributed by atoms with Gasteiger partial charge in [0.15, 0.2) is 0 Å². The molecule has 1 aromatic carbocycles. The van der Waals surface area contributed by atoms with Crippen molar-refractivity contribution in [3.8, 4) is 5.75 Å². The highest BCUT2D eigenvalue weighted by molar-refractivity contribution is 5.95. The van der Waals surface area contributed by atoms with Gasteiger partial charge >= 0.3 is 12.0 Å². The van der Waals surface area contributed by atoms with E-state index in [0.29, 0.717) is 11.4 Å². The Balaban J connectivity index is 2.89. The van der Waals surface area contributed by atoms with E-state index in [0.717, 1.165) is 0 Å². The van der Waals surface area contributed by atoms with Gasteiger partial charge in [0.25, 0.3) is 0 Å². The zero-order chi connectivity index (χ0) is 15.3. The monoisotopic (exact) mass is 280 g/mol. The lowest BCUT2D eigenvalue weighted by atomic mass is 10.1. The fraction of sp³-hybridized carbons (Fsp3) is 0.429. The van der Waals surface area contributed by atoms with E-state index in [1.807, 2.05) is 0 Å². The second-order valence-electron chi connectivity index (χ2n) is 4.74. The summed E-state index contributed by atoms with van der Waals surface area (Å²) in [5.74, 6) is -0.717. The van der Waals surface area contributed by atoms with Gasteiger partial charge in [-0.3, -0.25) is 4.90 Å². The summed E-state index contributed by atoms with van der Waals surface area (Å²) in [4.78, 5) is 24.6. The number of hydrogen-bond donors (Lipinski definition) is 2. The molecule has 1 aromatic rings. The van der Waals surface area contributed by atoms with Crippen molar-refractivity contribution in [3.63, 3.8) is 0 Å². The summed E-state index contributed by atoms with van der Waals surface area (Å²) in [6, 6.07) is 5.61. The molecule has 6 nitrogen and oxygen atoms in total. The molecule has 0 aromatic heterocycles. The molecule has 6 heteroatoms. The molecule has 0 saturated heterocycles. The Kier molecular flexibility index (Phi) is 5.37. The van der Waals surface area contributed by atoms with Gasteiger partial charge in [-0.2, -0.15) is 0 Å². The average molecular weight is 280 g/mol. The number of amides is 2. The van der Waals surface area contributed by atoms with Crippen molar-refractivity contribution in [1.82, 2.24) is 5.32 Å². The first-order chi connectivity index (χ1) is 9.38. The van der Waals surface area contributed by atoms with Crippen molar-refractivity contribution in [3.05, 3.63) is 24.3 Å². The molecule has 0 aliphatic heterocycles. The predicted molar refractivity (Wildman–Crippen MR) is 76.2 cm³/mol. The van der Waals surface area contributed by atoms with Crippen LogP contribution in [0.2, 0.25) is 0 Å². The van der Waals surface area contributed by atoms with Crippen LogP contribution in [0.1, 0.15) is 13.8 Å². The first-order valence-corrected chi connectivity index (χ1v) is 6.28. The van der Waals surface area contributed by atoms with E-state index in [1.165, 1.54) is 12.0 Å². The average Bonchev–Trinajstić information content (AvgIpc) is 2.42. The predicted octanol–water partition coefficient (Wildman–Crippen LogP) is 1.95. The highest BCUT2D eigenvalue weighted by Gasteiger charge is 2.25. The fourth-order valence-electron chi connectivity index (χ4n) is 1.76. The number of benzene rings is 1. The van der Waals surface area contributed by atoms with Crippen molar-refractivity contribution in [1.29, 1.82) is 0 Å². The number of ether oxygens (including phenoxy) is 1. The number of rotatable bonds is 5.